The lowest BCUT2D eigenvalue weighted by Crippen LogP contribution is -2.40. The van der Waals surface area contributed by atoms with E-state index in [1.807, 2.05) is 0 Å². The summed E-state index contributed by atoms with van der Waals surface area (Å²) in [6.07, 6.45) is 1.13. The summed E-state index contributed by atoms with van der Waals surface area (Å²) in [4.78, 5) is 13.2. The number of sulfone groups is 1. The molecule has 1 aliphatic rings. The van der Waals surface area contributed by atoms with Gasteiger partial charge in [-0.25, -0.2) is 16.8 Å². The maximum atomic E-state index is 12.9. The Kier molecular flexibility index (Phi) is 6.85. The molecule has 1 N–H and O–H groups in total. The molecule has 8 nitrogen and oxygen atoms in total. The number of hydrogen-bond acceptors (Lipinski definition) is 6. The van der Waals surface area contributed by atoms with Crippen LogP contribution in [0.5, 0.6) is 0 Å². The predicted octanol–water partition coefficient (Wildman–Crippen LogP) is 1.91. The molecular weight excluding hydrogens is 440 g/mol. The van der Waals surface area contributed by atoms with Crippen LogP contribution in [0.3, 0.4) is 0 Å². The van der Waals surface area contributed by atoms with E-state index in [0.717, 1.165) is 11.8 Å². The minimum atomic E-state index is -3.72. The highest BCUT2D eigenvalue weighted by molar-refractivity contribution is 7.90. The van der Waals surface area contributed by atoms with Crippen LogP contribution in [0.25, 0.3) is 0 Å². The van der Waals surface area contributed by atoms with Gasteiger partial charge in [-0.1, -0.05) is 18.2 Å². The Bertz CT molecular complexity index is 1170. The van der Waals surface area contributed by atoms with Gasteiger partial charge in [0.25, 0.3) is 5.91 Å². The lowest BCUT2D eigenvalue weighted by molar-refractivity contribution is 0.0730. The molecule has 1 atom stereocenters. The summed E-state index contributed by atoms with van der Waals surface area (Å²) in [5.74, 6) is -0.406. The first-order chi connectivity index (χ1) is 14.5. The highest BCUT2D eigenvalue weighted by atomic mass is 32.2. The van der Waals surface area contributed by atoms with Crippen LogP contribution in [0.4, 0.5) is 0 Å². The number of rotatable bonds is 6. The van der Waals surface area contributed by atoms with E-state index in [2.05, 4.69) is 5.32 Å². The molecule has 0 aliphatic carbocycles. The van der Waals surface area contributed by atoms with Crippen LogP contribution in [-0.4, -0.2) is 59.6 Å². The second-order valence-electron chi connectivity index (χ2n) is 7.53. The van der Waals surface area contributed by atoms with Crippen molar-refractivity contribution in [3.05, 3.63) is 59.2 Å². The molecule has 1 heterocycles. The molecular formula is C21H26N2O6S2. The first-order valence-electron chi connectivity index (χ1n) is 9.79. The number of carbonyl (C=O) groups is 1. The van der Waals surface area contributed by atoms with Gasteiger partial charge >= 0.3 is 0 Å². The summed E-state index contributed by atoms with van der Waals surface area (Å²) in [5, 5.41) is 2.85. The quantitative estimate of drug-likeness (QED) is 0.696. The van der Waals surface area contributed by atoms with Crippen molar-refractivity contribution in [2.75, 3.05) is 32.6 Å². The summed E-state index contributed by atoms with van der Waals surface area (Å²) in [5.41, 5.74) is 1.66. The molecule has 10 heteroatoms. The van der Waals surface area contributed by atoms with E-state index in [4.69, 9.17) is 4.74 Å². The zero-order chi connectivity index (χ0) is 22.8. The van der Waals surface area contributed by atoms with Gasteiger partial charge in [-0.15, -0.1) is 0 Å². The van der Waals surface area contributed by atoms with Gasteiger partial charge < -0.3 is 10.1 Å². The van der Waals surface area contributed by atoms with E-state index in [0.29, 0.717) is 18.8 Å². The maximum Gasteiger partial charge on any atom is 0.252 e. The third-order valence-corrected chi connectivity index (χ3v) is 8.24. The van der Waals surface area contributed by atoms with Crippen LogP contribution >= 0.6 is 0 Å². The van der Waals surface area contributed by atoms with E-state index < -0.39 is 31.8 Å². The molecule has 1 amide bonds. The first kappa shape index (κ1) is 23.4. The van der Waals surface area contributed by atoms with Crippen molar-refractivity contribution in [1.82, 2.24) is 9.62 Å². The lowest BCUT2D eigenvalue weighted by atomic mass is 10.1. The Balaban J connectivity index is 1.80. The van der Waals surface area contributed by atoms with E-state index in [1.54, 1.807) is 32.0 Å². The third-order valence-electron chi connectivity index (χ3n) is 5.22. The summed E-state index contributed by atoms with van der Waals surface area (Å²) >= 11 is 0. The third kappa shape index (κ3) is 5.32. The summed E-state index contributed by atoms with van der Waals surface area (Å²) < 4.78 is 55.6. The molecule has 31 heavy (non-hydrogen) atoms. The number of ether oxygens (including phenoxy) is 1. The van der Waals surface area contributed by atoms with Crippen molar-refractivity contribution in [2.45, 2.75) is 29.7 Å². The van der Waals surface area contributed by atoms with Crippen LogP contribution < -0.4 is 5.32 Å². The summed E-state index contributed by atoms with van der Waals surface area (Å²) in [6, 6.07) is 10.4. The fourth-order valence-electron chi connectivity index (χ4n) is 3.30. The largest absolute Gasteiger partial charge is 0.379 e. The minimum Gasteiger partial charge on any atom is -0.379 e. The van der Waals surface area contributed by atoms with Crippen LogP contribution in [0.2, 0.25) is 0 Å². The second kappa shape index (κ2) is 9.07. The Hall–Kier alpha value is -2.27. The Morgan fingerprint density at radius 1 is 1.00 bits per heavy atom. The van der Waals surface area contributed by atoms with Crippen LogP contribution in [0, 0.1) is 6.92 Å². The molecule has 168 valence electrons. The first-order valence-corrected chi connectivity index (χ1v) is 13.1. The molecule has 1 saturated heterocycles. The SMILES string of the molecule is Cc1ccc(S(=O)(=O)N2CCOCC2)cc1C(=O)NC(C)c1ccc(S(C)(=O)=O)cc1. The summed E-state index contributed by atoms with van der Waals surface area (Å²) in [7, 11) is -7.02. The second-order valence-corrected chi connectivity index (χ2v) is 11.5. The maximum absolute atomic E-state index is 12.9. The van der Waals surface area contributed by atoms with Crippen molar-refractivity contribution in [3.63, 3.8) is 0 Å². The Morgan fingerprint density at radius 2 is 1.58 bits per heavy atom. The zero-order valence-electron chi connectivity index (χ0n) is 17.7. The molecule has 1 unspecified atom stereocenters. The number of amides is 1. The van der Waals surface area contributed by atoms with Gasteiger partial charge in [-0.05, 0) is 49.2 Å². The average Bonchev–Trinajstić information content (AvgIpc) is 2.74. The van der Waals surface area contributed by atoms with E-state index in [9.17, 15) is 21.6 Å². The fraction of sp³-hybridized carbons (Fsp3) is 0.381. The highest BCUT2D eigenvalue weighted by Crippen LogP contribution is 2.22. The molecule has 3 rings (SSSR count). The normalized spacial score (nSPS) is 16.6. The number of aryl methyl sites for hydroxylation is 1. The number of carbonyl (C=O) groups excluding carboxylic acids is 1. The van der Waals surface area contributed by atoms with Crippen molar-refractivity contribution >= 4 is 25.8 Å². The van der Waals surface area contributed by atoms with E-state index >= 15 is 0 Å². The minimum absolute atomic E-state index is 0.0651. The Labute approximate surface area is 183 Å². The molecule has 0 saturated carbocycles. The summed E-state index contributed by atoms with van der Waals surface area (Å²) in [6.45, 7) is 4.75. The van der Waals surface area contributed by atoms with Gasteiger partial charge in [0.2, 0.25) is 10.0 Å². The standard InChI is InChI=1S/C21H26N2O6S2/c1-15-4-7-19(31(27,28)23-10-12-29-13-11-23)14-20(15)21(24)22-16(2)17-5-8-18(9-6-17)30(3,25)26/h4-9,14,16H,10-13H2,1-3H3,(H,22,24). The number of benzene rings is 2. The molecule has 2 aromatic carbocycles. The smallest absolute Gasteiger partial charge is 0.252 e. The number of sulfonamides is 1. The van der Waals surface area contributed by atoms with Gasteiger partial charge in [-0.2, -0.15) is 4.31 Å². The van der Waals surface area contributed by atoms with Gasteiger partial charge in [-0.3, -0.25) is 4.79 Å². The molecule has 2 aromatic rings. The molecule has 1 aliphatic heterocycles. The average molecular weight is 467 g/mol. The monoisotopic (exact) mass is 466 g/mol. The van der Waals surface area contributed by atoms with Crippen molar-refractivity contribution in [3.8, 4) is 0 Å². The number of nitrogens with zero attached hydrogens (tertiary/aromatic N) is 1. The molecule has 0 spiro atoms. The highest BCUT2D eigenvalue weighted by Gasteiger charge is 2.27. The number of hydrogen-bond donors (Lipinski definition) is 1. The zero-order valence-corrected chi connectivity index (χ0v) is 19.3. The molecule has 0 radical (unpaired) electrons. The van der Waals surface area contributed by atoms with Gasteiger partial charge in [0.15, 0.2) is 9.84 Å². The van der Waals surface area contributed by atoms with Crippen molar-refractivity contribution in [2.24, 2.45) is 0 Å². The van der Waals surface area contributed by atoms with Gasteiger partial charge in [0.1, 0.15) is 0 Å². The fourth-order valence-corrected chi connectivity index (χ4v) is 5.37. The molecule has 1 fully saturated rings. The molecule has 0 bridgehead atoms. The predicted molar refractivity (Wildman–Crippen MR) is 116 cm³/mol. The number of morpholine rings is 1. The van der Waals surface area contributed by atoms with Crippen LogP contribution in [-0.2, 0) is 24.6 Å². The topological polar surface area (TPSA) is 110 Å². The molecule has 0 aromatic heterocycles. The lowest BCUT2D eigenvalue weighted by Gasteiger charge is -2.26. The van der Waals surface area contributed by atoms with Gasteiger partial charge in [0.05, 0.1) is 29.0 Å². The van der Waals surface area contributed by atoms with Crippen molar-refractivity contribution < 1.29 is 26.4 Å². The van der Waals surface area contributed by atoms with Gasteiger partial charge in [0, 0.05) is 24.9 Å². The van der Waals surface area contributed by atoms with Crippen molar-refractivity contribution in [1.29, 1.82) is 0 Å². The Morgan fingerprint density at radius 3 is 2.16 bits per heavy atom. The van der Waals surface area contributed by atoms with Crippen LogP contribution in [0.15, 0.2) is 52.3 Å². The van der Waals surface area contributed by atoms with E-state index in [1.165, 1.54) is 28.6 Å². The number of nitrogens with one attached hydrogen (secondary N) is 1. The van der Waals surface area contributed by atoms with E-state index in [-0.39, 0.29) is 28.4 Å². The van der Waals surface area contributed by atoms with Crippen LogP contribution in [0.1, 0.15) is 34.5 Å².